The zero-order valence-corrected chi connectivity index (χ0v) is 11.3. The van der Waals surface area contributed by atoms with Crippen LogP contribution in [0.15, 0.2) is 34.1 Å². The quantitative estimate of drug-likeness (QED) is 0.754. The number of hydrogen-bond acceptors (Lipinski definition) is 5. The third-order valence-electron chi connectivity index (χ3n) is 2.24. The van der Waals surface area contributed by atoms with E-state index >= 15 is 0 Å². The third-order valence-corrected chi connectivity index (χ3v) is 4.42. The summed E-state index contributed by atoms with van der Waals surface area (Å²) in [6.45, 7) is 0.271. The van der Waals surface area contributed by atoms with E-state index in [4.69, 9.17) is 5.73 Å². The molecule has 1 unspecified atom stereocenters. The summed E-state index contributed by atoms with van der Waals surface area (Å²) in [5.41, 5.74) is 5.29. The first-order valence-corrected chi connectivity index (χ1v) is 8.12. The lowest BCUT2D eigenvalue weighted by Crippen LogP contribution is -2.19. The van der Waals surface area contributed by atoms with Crippen molar-refractivity contribution in [3.63, 3.8) is 0 Å². The Morgan fingerprint density at radius 1 is 1.35 bits per heavy atom. The first-order valence-electron chi connectivity index (χ1n) is 5.24. The zero-order chi connectivity index (χ0) is 12.9. The van der Waals surface area contributed by atoms with Gasteiger partial charge in [-0.25, -0.2) is 8.42 Å². The highest BCUT2D eigenvalue weighted by molar-refractivity contribution is 7.99. The Bertz CT molecular complexity index is 442. The third kappa shape index (κ3) is 5.08. The van der Waals surface area contributed by atoms with E-state index in [1.165, 1.54) is 6.26 Å². The summed E-state index contributed by atoms with van der Waals surface area (Å²) in [7, 11) is -3.12. The van der Waals surface area contributed by atoms with Crippen molar-refractivity contribution in [2.24, 2.45) is 5.73 Å². The summed E-state index contributed by atoms with van der Waals surface area (Å²) in [4.78, 5) is 1.31. The lowest BCUT2D eigenvalue weighted by Gasteiger charge is -2.07. The van der Waals surface area contributed by atoms with Crippen LogP contribution in [-0.4, -0.2) is 38.2 Å². The molecule has 17 heavy (non-hydrogen) atoms. The second kappa shape index (κ2) is 6.39. The van der Waals surface area contributed by atoms with E-state index in [0.717, 1.165) is 10.6 Å². The molecule has 0 amide bonds. The number of sulfone groups is 1. The number of benzene rings is 1. The molecule has 0 aromatic heterocycles. The Kier molecular flexibility index (Phi) is 5.45. The molecule has 1 rings (SSSR count). The number of thioether (sulfide) groups is 1. The van der Waals surface area contributed by atoms with Gasteiger partial charge in [-0.15, -0.1) is 11.8 Å². The van der Waals surface area contributed by atoms with Gasteiger partial charge in [-0.1, -0.05) is 0 Å². The van der Waals surface area contributed by atoms with Crippen LogP contribution in [0.1, 0.15) is 6.42 Å². The van der Waals surface area contributed by atoms with E-state index in [9.17, 15) is 13.5 Å². The molecule has 4 nitrogen and oxygen atoms in total. The molecule has 0 radical (unpaired) electrons. The highest BCUT2D eigenvalue weighted by atomic mass is 32.2. The second-order valence-corrected chi connectivity index (χ2v) is 6.95. The molecule has 0 fully saturated rings. The van der Waals surface area contributed by atoms with Crippen LogP contribution in [0.4, 0.5) is 0 Å². The molecular weight excluding hydrogens is 258 g/mol. The molecule has 0 bridgehead atoms. The number of hydrogen-bond donors (Lipinski definition) is 2. The average Bonchev–Trinajstić information content (AvgIpc) is 2.28. The Balaban J connectivity index is 2.52. The van der Waals surface area contributed by atoms with Gasteiger partial charge in [0.25, 0.3) is 0 Å². The van der Waals surface area contributed by atoms with Crippen LogP contribution in [0.3, 0.4) is 0 Å². The smallest absolute Gasteiger partial charge is 0.175 e. The molecule has 0 aliphatic rings. The highest BCUT2D eigenvalue weighted by Gasteiger charge is 2.06. The molecular formula is C11H17NO3S2. The largest absolute Gasteiger partial charge is 0.392 e. The summed E-state index contributed by atoms with van der Waals surface area (Å²) >= 11 is 1.57. The van der Waals surface area contributed by atoms with Crippen LogP contribution in [0.2, 0.25) is 0 Å². The number of rotatable bonds is 6. The van der Waals surface area contributed by atoms with Crippen LogP contribution in [0, 0.1) is 0 Å². The molecule has 1 aromatic carbocycles. The van der Waals surface area contributed by atoms with Crippen molar-refractivity contribution >= 4 is 21.6 Å². The van der Waals surface area contributed by atoms with Crippen molar-refractivity contribution in [1.82, 2.24) is 0 Å². The fourth-order valence-corrected chi connectivity index (χ4v) is 2.80. The lowest BCUT2D eigenvalue weighted by molar-refractivity contribution is 0.180. The highest BCUT2D eigenvalue weighted by Crippen LogP contribution is 2.21. The topological polar surface area (TPSA) is 80.4 Å². The van der Waals surface area contributed by atoms with E-state index in [0.29, 0.717) is 11.3 Å². The van der Waals surface area contributed by atoms with Gasteiger partial charge in [0, 0.05) is 23.4 Å². The van der Waals surface area contributed by atoms with Gasteiger partial charge < -0.3 is 10.8 Å². The molecule has 0 aliphatic carbocycles. The van der Waals surface area contributed by atoms with Crippen molar-refractivity contribution in [2.45, 2.75) is 22.3 Å². The van der Waals surface area contributed by atoms with E-state index in [1.807, 2.05) is 0 Å². The normalized spacial score (nSPS) is 13.6. The molecule has 0 saturated heterocycles. The summed E-state index contributed by atoms with van der Waals surface area (Å²) in [5, 5.41) is 9.27. The van der Waals surface area contributed by atoms with E-state index in [2.05, 4.69) is 0 Å². The minimum absolute atomic E-state index is 0.271. The van der Waals surface area contributed by atoms with Gasteiger partial charge in [-0.05, 0) is 30.7 Å². The maximum Gasteiger partial charge on any atom is 0.175 e. The molecule has 96 valence electrons. The Morgan fingerprint density at radius 2 is 1.94 bits per heavy atom. The maximum absolute atomic E-state index is 11.2. The van der Waals surface area contributed by atoms with Gasteiger partial charge in [0.05, 0.1) is 11.0 Å². The first-order chi connectivity index (χ1) is 7.93. The van der Waals surface area contributed by atoms with Gasteiger partial charge in [0.15, 0.2) is 9.84 Å². The van der Waals surface area contributed by atoms with Crippen molar-refractivity contribution < 1.29 is 13.5 Å². The Labute approximate surface area is 106 Å². The predicted molar refractivity (Wildman–Crippen MR) is 70.0 cm³/mol. The molecule has 0 heterocycles. The van der Waals surface area contributed by atoms with Crippen molar-refractivity contribution in [1.29, 1.82) is 0 Å². The van der Waals surface area contributed by atoms with Crippen molar-refractivity contribution in [3.8, 4) is 0 Å². The molecule has 6 heteroatoms. The molecule has 3 N–H and O–H groups in total. The second-order valence-electron chi connectivity index (χ2n) is 3.77. The molecule has 0 spiro atoms. The van der Waals surface area contributed by atoms with Gasteiger partial charge in [-0.2, -0.15) is 0 Å². The summed E-state index contributed by atoms with van der Waals surface area (Å²) in [6, 6.07) is 6.74. The minimum atomic E-state index is -3.12. The molecule has 0 aliphatic heterocycles. The van der Waals surface area contributed by atoms with Crippen LogP contribution in [-0.2, 0) is 9.84 Å². The zero-order valence-electron chi connectivity index (χ0n) is 9.67. The van der Waals surface area contributed by atoms with Crippen LogP contribution < -0.4 is 5.73 Å². The molecule has 1 atom stereocenters. The number of aliphatic hydroxyl groups is 1. The van der Waals surface area contributed by atoms with E-state index in [1.54, 1.807) is 36.0 Å². The first kappa shape index (κ1) is 14.5. The van der Waals surface area contributed by atoms with Gasteiger partial charge >= 0.3 is 0 Å². The van der Waals surface area contributed by atoms with Gasteiger partial charge in [0.1, 0.15) is 0 Å². The molecule has 1 aromatic rings. The maximum atomic E-state index is 11.2. The fraction of sp³-hybridized carbons (Fsp3) is 0.455. The summed E-state index contributed by atoms with van der Waals surface area (Å²) in [5.74, 6) is 0.761. The number of aliphatic hydroxyl groups excluding tert-OH is 1. The van der Waals surface area contributed by atoms with E-state index in [-0.39, 0.29) is 6.54 Å². The minimum Gasteiger partial charge on any atom is -0.392 e. The number of nitrogens with two attached hydrogens (primary N) is 1. The van der Waals surface area contributed by atoms with Crippen LogP contribution >= 0.6 is 11.8 Å². The SMILES string of the molecule is CS(=O)(=O)c1ccc(SCCC(O)CN)cc1. The average molecular weight is 275 g/mol. The van der Waals surface area contributed by atoms with E-state index < -0.39 is 15.9 Å². The fourth-order valence-electron chi connectivity index (χ4n) is 1.21. The lowest BCUT2D eigenvalue weighted by atomic mass is 10.3. The molecule has 0 saturated carbocycles. The van der Waals surface area contributed by atoms with Crippen LogP contribution in [0.25, 0.3) is 0 Å². The Hall–Kier alpha value is -0.560. The Morgan fingerprint density at radius 3 is 2.41 bits per heavy atom. The van der Waals surface area contributed by atoms with Crippen molar-refractivity contribution in [2.75, 3.05) is 18.6 Å². The monoisotopic (exact) mass is 275 g/mol. The standard InChI is InChI=1S/C11H17NO3S2/c1-17(14,15)11-4-2-10(3-5-11)16-7-6-9(13)8-12/h2-5,9,13H,6-8,12H2,1H3. The van der Waals surface area contributed by atoms with Gasteiger partial charge in [-0.3, -0.25) is 0 Å². The summed E-state index contributed by atoms with van der Waals surface area (Å²) < 4.78 is 22.5. The van der Waals surface area contributed by atoms with Crippen molar-refractivity contribution in [3.05, 3.63) is 24.3 Å². The summed E-state index contributed by atoms with van der Waals surface area (Å²) in [6.07, 6.45) is 1.36. The van der Waals surface area contributed by atoms with Crippen LogP contribution in [0.5, 0.6) is 0 Å². The van der Waals surface area contributed by atoms with Gasteiger partial charge in [0.2, 0.25) is 0 Å². The predicted octanol–water partition coefficient (Wildman–Crippen LogP) is 0.892.